The van der Waals surface area contributed by atoms with Crippen LogP contribution >= 0.6 is 0 Å². The van der Waals surface area contributed by atoms with E-state index in [9.17, 15) is 9.90 Å². The standard InChI is InChI=1S/C22H33N3O2/c1-14-8-15(2)10-19(9-14)25-22(27)11-17-4-6-18(7-5-17)24-16(3)21-12-20(26)13-23-21/h8-10,17-18,20-21,23-24,26H,3-7,11-13H2,1-2H3,(H,25,27)/t17-,18+,20-,21?/m0/s1. The van der Waals surface area contributed by atoms with E-state index in [0.717, 1.165) is 43.5 Å². The normalized spacial score (nSPS) is 28.0. The van der Waals surface area contributed by atoms with Gasteiger partial charge in [0, 0.05) is 36.4 Å². The van der Waals surface area contributed by atoms with Crippen molar-refractivity contribution in [2.24, 2.45) is 5.92 Å². The van der Waals surface area contributed by atoms with Crippen molar-refractivity contribution in [3.8, 4) is 0 Å². The molecule has 148 valence electrons. The van der Waals surface area contributed by atoms with Gasteiger partial charge < -0.3 is 21.1 Å². The summed E-state index contributed by atoms with van der Waals surface area (Å²) < 4.78 is 0. The first-order chi connectivity index (χ1) is 12.9. The summed E-state index contributed by atoms with van der Waals surface area (Å²) in [5.74, 6) is 0.568. The lowest BCUT2D eigenvalue weighted by atomic mass is 9.83. The second-order valence-electron chi connectivity index (χ2n) is 8.37. The summed E-state index contributed by atoms with van der Waals surface area (Å²) in [7, 11) is 0. The van der Waals surface area contributed by atoms with Gasteiger partial charge in [-0.15, -0.1) is 0 Å². The van der Waals surface area contributed by atoms with Gasteiger partial charge in [-0.3, -0.25) is 4.79 Å². The Labute approximate surface area is 162 Å². The Balaban J connectivity index is 1.40. The minimum absolute atomic E-state index is 0.116. The number of amides is 1. The van der Waals surface area contributed by atoms with E-state index in [1.165, 1.54) is 11.1 Å². The number of rotatable bonds is 6. The molecule has 1 saturated carbocycles. The number of nitrogens with one attached hydrogen (secondary N) is 3. The lowest BCUT2D eigenvalue weighted by Gasteiger charge is -2.31. The number of benzene rings is 1. The van der Waals surface area contributed by atoms with Crippen LogP contribution in [0.1, 0.15) is 49.7 Å². The topological polar surface area (TPSA) is 73.4 Å². The monoisotopic (exact) mass is 371 g/mol. The molecule has 1 amide bonds. The van der Waals surface area contributed by atoms with E-state index >= 15 is 0 Å². The molecule has 1 heterocycles. The van der Waals surface area contributed by atoms with Gasteiger partial charge in [0.1, 0.15) is 0 Å². The molecule has 2 fully saturated rings. The van der Waals surface area contributed by atoms with Crippen molar-refractivity contribution in [1.82, 2.24) is 10.6 Å². The highest BCUT2D eigenvalue weighted by atomic mass is 16.3. The molecule has 1 aromatic carbocycles. The molecule has 5 heteroatoms. The van der Waals surface area contributed by atoms with Crippen LogP contribution in [-0.4, -0.2) is 35.7 Å². The minimum atomic E-state index is -0.264. The molecule has 27 heavy (non-hydrogen) atoms. The third kappa shape index (κ3) is 5.81. The Hall–Kier alpha value is -1.85. The molecule has 0 bridgehead atoms. The first-order valence-corrected chi connectivity index (χ1v) is 10.1. The number of aliphatic hydroxyl groups is 1. The average Bonchev–Trinajstić information content (AvgIpc) is 3.02. The Morgan fingerprint density at radius 2 is 1.85 bits per heavy atom. The van der Waals surface area contributed by atoms with Crippen molar-refractivity contribution < 1.29 is 9.90 Å². The second kappa shape index (κ2) is 8.89. The zero-order valence-electron chi connectivity index (χ0n) is 16.6. The SMILES string of the molecule is C=C(N[C@H]1CC[C@@H](CC(=O)Nc2cc(C)cc(C)c2)CC1)C1C[C@H](O)CN1. The maximum atomic E-state index is 12.4. The maximum absolute atomic E-state index is 12.4. The van der Waals surface area contributed by atoms with E-state index in [0.29, 0.717) is 24.9 Å². The van der Waals surface area contributed by atoms with Crippen LogP contribution in [-0.2, 0) is 4.79 Å². The van der Waals surface area contributed by atoms with E-state index in [-0.39, 0.29) is 18.1 Å². The van der Waals surface area contributed by atoms with E-state index in [1.54, 1.807) is 0 Å². The van der Waals surface area contributed by atoms with Gasteiger partial charge in [-0.1, -0.05) is 12.6 Å². The van der Waals surface area contributed by atoms with Crippen LogP contribution in [0, 0.1) is 19.8 Å². The van der Waals surface area contributed by atoms with Crippen molar-refractivity contribution in [2.45, 2.75) is 70.6 Å². The average molecular weight is 372 g/mol. The third-order valence-electron chi connectivity index (χ3n) is 5.74. The summed E-state index contributed by atoms with van der Waals surface area (Å²) in [4.78, 5) is 12.4. The quantitative estimate of drug-likeness (QED) is 0.620. The number of carbonyl (C=O) groups is 1. The van der Waals surface area contributed by atoms with E-state index in [4.69, 9.17) is 0 Å². The van der Waals surface area contributed by atoms with E-state index < -0.39 is 0 Å². The van der Waals surface area contributed by atoms with Gasteiger partial charge in [0.2, 0.25) is 5.91 Å². The zero-order valence-corrected chi connectivity index (χ0v) is 16.6. The second-order valence-corrected chi connectivity index (χ2v) is 8.37. The summed E-state index contributed by atoms with van der Waals surface area (Å²) in [5, 5.41) is 19.5. The number of hydrogen-bond donors (Lipinski definition) is 4. The number of aryl methyl sites for hydroxylation is 2. The van der Waals surface area contributed by atoms with Crippen molar-refractivity contribution in [1.29, 1.82) is 0 Å². The highest BCUT2D eigenvalue weighted by Gasteiger charge is 2.27. The van der Waals surface area contributed by atoms with Gasteiger partial charge in [0.05, 0.1) is 6.10 Å². The minimum Gasteiger partial charge on any atom is -0.392 e. The molecule has 5 nitrogen and oxygen atoms in total. The summed E-state index contributed by atoms with van der Waals surface area (Å²) in [6.45, 7) is 8.89. The number of β-amino-alcohol motifs (C(OH)–C–C–N with tert-alkyl or cyclic N) is 1. The molecule has 1 aliphatic heterocycles. The summed E-state index contributed by atoms with van der Waals surface area (Å²) in [6, 6.07) is 6.74. The molecule has 0 radical (unpaired) electrons. The van der Waals surface area contributed by atoms with Crippen LogP contribution in [0.2, 0.25) is 0 Å². The smallest absolute Gasteiger partial charge is 0.224 e. The molecule has 3 rings (SSSR count). The van der Waals surface area contributed by atoms with Crippen LogP contribution in [0.3, 0.4) is 0 Å². The molecule has 1 aliphatic carbocycles. The molecule has 1 aromatic rings. The molecule has 0 spiro atoms. The Bertz CT molecular complexity index is 660. The van der Waals surface area contributed by atoms with Crippen LogP contribution in [0.4, 0.5) is 5.69 Å². The molecule has 1 saturated heterocycles. The fourth-order valence-electron chi connectivity index (χ4n) is 4.38. The molecule has 0 aromatic heterocycles. The predicted octanol–water partition coefficient (Wildman–Crippen LogP) is 3.02. The van der Waals surface area contributed by atoms with Crippen molar-refractivity contribution in [3.05, 3.63) is 41.6 Å². The number of anilines is 1. The Morgan fingerprint density at radius 3 is 2.44 bits per heavy atom. The van der Waals surface area contributed by atoms with Crippen LogP contribution < -0.4 is 16.0 Å². The van der Waals surface area contributed by atoms with Crippen molar-refractivity contribution in [2.75, 3.05) is 11.9 Å². The fraction of sp³-hybridized carbons (Fsp3) is 0.591. The first kappa shape index (κ1) is 19.9. The summed E-state index contributed by atoms with van der Waals surface area (Å²) in [5.41, 5.74) is 4.22. The predicted molar refractivity (Wildman–Crippen MR) is 110 cm³/mol. The van der Waals surface area contributed by atoms with Gasteiger partial charge >= 0.3 is 0 Å². The van der Waals surface area contributed by atoms with Gasteiger partial charge in [-0.2, -0.15) is 0 Å². The van der Waals surface area contributed by atoms with Crippen LogP contribution in [0.15, 0.2) is 30.5 Å². The lowest BCUT2D eigenvalue weighted by molar-refractivity contribution is -0.117. The summed E-state index contributed by atoms with van der Waals surface area (Å²) >= 11 is 0. The van der Waals surface area contributed by atoms with Gasteiger partial charge in [-0.05, 0) is 75.1 Å². The molecular formula is C22H33N3O2. The largest absolute Gasteiger partial charge is 0.392 e. The van der Waals surface area contributed by atoms with Crippen LogP contribution in [0.5, 0.6) is 0 Å². The Morgan fingerprint density at radius 1 is 1.19 bits per heavy atom. The third-order valence-corrected chi connectivity index (χ3v) is 5.74. The molecule has 4 N–H and O–H groups in total. The Kier molecular flexibility index (Phi) is 6.55. The zero-order chi connectivity index (χ0) is 19.4. The van der Waals surface area contributed by atoms with Crippen molar-refractivity contribution in [3.63, 3.8) is 0 Å². The number of hydrogen-bond acceptors (Lipinski definition) is 4. The van der Waals surface area contributed by atoms with Gasteiger partial charge in [0.25, 0.3) is 0 Å². The van der Waals surface area contributed by atoms with Crippen LogP contribution in [0.25, 0.3) is 0 Å². The molecule has 1 unspecified atom stereocenters. The molecule has 2 atom stereocenters. The fourth-order valence-corrected chi connectivity index (χ4v) is 4.38. The molecular weight excluding hydrogens is 338 g/mol. The summed E-state index contributed by atoms with van der Waals surface area (Å²) in [6.07, 6.45) is 5.32. The van der Waals surface area contributed by atoms with Crippen molar-refractivity contribution >= 4 is 11.6 Å². The first-order valence-electron chi connectivity index (χ1n) is 10.1. The number of carbonyl (C=O) groups excluding carboxylic acids is 1. The maximum Gasteiger partial charge on any atom is 0.224 e. The number of aliphatic hydroxyl groups excluding tert-OH is 1. The van der Waals surface area contributed by atoms with E-state index in [1.807, 2.05) is 26.0 Å². The van der Waals surface area contributed by atoms with Gasteiger partial charge in [0.15, 0.2) is 0 Å². The molecule has 2 aliphatic rings. The highest BCUT2D eigenvalue weighted by molar-refractivity contribution is 5.91. The van der Waals surface area contributed by atoms with Gasteiger partial charge in [-0.25, -0.2) is 0 Å². The highest BCUT2D eigenvalue weighted by Crippen LogP contribution is 2.28. The van der Waals surface area contributed by atoms with E-state index in [2.05, 4.69) is 28.6 Å². The lowest BCUT2D eigenvalue weighted by Crippen LogP contribution is -2.39.